The number of aromatic nitrogens is 3. The number of methoxy groups -OCH3 is 1. The highest BCUT2D eigenvalue weighted by Crippen LogP contribution is 2.23. The number of aromatic amines is 1. The van der Waals surface area contributed by atoms with Crippen molar-refractivity contribution in [2.75, 3.05) is 7.11 Å². The Morgan fingerprint density at radius 2 is 1.71 bits per heavy atom. The highest BCUT2D eigenvalue weighted by atomic mass is 16.5. The molecule has 0 spiro atoms. The zero-order chi connectivity index (χ0) is 15.1. The molecule has 0 aliphatic rings. The monoisotopic (exact) mass is 285 g/mol. The molecule has 21 heavy (non-hydrogen) atoms. The first-order valence-corrected chi connectivity index (χ1v) is 6.46. The maximum atomic E-state index is 12.1. The third-order valence-corrected chi connectivity index (χ3v) is 3.65. The van der Waals surface area contributed by atoms with E-state index in [1.165, 1.54) is 11.6 Å². The van der Waals surface area contributed by atoms with Gasteiger partial charge in [0.05, 0.1) is 12.6 Å². The van der Waals surface area contributed by atoms with Gasteiger partial charge in [-0.1, -0.05) is 0 Å². The molecule has 1 aromatic carbocycles. The molecule has 0 bridgehead atoms. The molecule has 2 aromatic heterocycles. The van der Waals surface area contributed by atoms with Crippen LogP contribution in [-0.4, -0.2) is 21.2 Å². The van der Waals surface area contributed by atoms with Gasteiger partial charge in [0.25, 0.3) is 5.56 Å². The fourth-order valence-electron chi connectivity index (χ4n) is 2.38. The van der Waals surface area contributed by atoms with Gasteiger partial charge >= 0.3 is 5.69 Å². The van der Waals surface area contributed by atoms with E-state index in [-0.39, 0.29) is 11.2 Å². The lowest BCUT2D eigenvalue weighted by molar-refractivity contribution is 0.415. The first-order chi connectivity index (χ1) is 10.0. The van der Waals surface area contributed by atoms with Crippen LogP contribution in [0.4, 0.5) is 0 Å². The topological polar surface area (TPSA) is 69.0 Å². The fraction of sp³-hybridized carbons (Fsp3) is 0.200. The number of ether oxygens (including phenoxy) is 1. The van der Waals surface area contributed by atoms with E-state index in [9.17, 15) is 9.59 Å². The Bertz CT molecular complexity index is 930. The molecular weight excluding hydrogens is 270 g/mol. The summed E-state index contributed by atoms with van der Waals surface area (Å²) in [6.45, 7) is 0. The van der Waals surface area contributed by atoms with Crippen molar-refractivity contribution in [3.8, 4) is 17.0 Å². The maximum absolute atomic E-state index is 12.1. The Morgan fingerprint density at radius 3 is 2.33 bits per heavy atom. The number of H-pyrrole nitrogens is 1. The third kappa shape index (κ3) is 1.96. The molecule has 108 valence electrons. The lowest BCUT2D eigenvalue weighted by Gasteiger charge is -2.02. The minimum atomic E-state index is -0.340. The second-order valence-electron chi connectivity index (χ2n) is 4.88. The first-order valence-electron chi connectivity index (χ1n) is 6.46. The molecule has 6 heteroatoms. The molecule has 0 unspecified atom stereocenters. The van der Waals surface area contributed by atoms with Crippen molar-refractivity contribution >= 4 is 11.0 Å². The molecule has 0 saturated heterocycles. The second kappa shape index (κ2) is 4.66. The Labute approximate surface area is 120 Å². The Kier molecular flexibility index (Phi) is 2.94. The third-order valence-electron chi connectivity index (χ3n) is 3.65. The number of benzene rings is 1. The van der Waals surface area contributed by atoms with Gasteiger partial charge < -0.3 is 9.72 Å². The zero-order valence-corrected chi connectivity index (χ0v) is 12.0. The number of hydrogen-bond donors (Lipinski definition) is 1. The molecule has 0 radical (unpaired) electrons. The summed E-state index contributed by atoms with van der Waals surface area (Å²) in [7, 11) is 4.73. The van der Waals surface area contributed by atoms with Crippen LogP contribution in [0, 0.1) is 0 Å². The Hall–Kier alpha value is -2.76. The quantitative estimate of drug-likeness (QED) is 0.770. The van der Waals surface area contributed by atoms with Gasteiger partial charge in [-0.3, -0.25) is 13.9 Å². The zero-order valence-electron chi connectivity index (χ0n) is 12.0. The van der Waals surface area contributed by atoms with Gasteiger partial charge in [0.2, 0.25) is 0 Å². The average molecular weight is 285 g/mol. The van der Waals surface area contributed by atoms with Gasteiger partial charge in [0, 0.05) is 19.8 Å². The van der Waals surface area contributed by atoms with Crippen LogP contribution >= 0.6 is 0 Å². The van der Waals surface area contributed by atoms with E-state index in [1.807, 2.05) is 24.3 Å². The van der Waals surface area contributed by atoms with Crippen molar-refractivity contribution in [3.63, 3.8) is 0 Å². The predicted octanol–water partition coefficient (Wildman–Crippen LogP) is 1.24. The number of rotatable bonds is 2. The van der Waals surface area contributed by atoms with Crippen LogP contribution in [0.15, 0.2) is 39.9 Å². The summed E-state index contributed by atoms with van der Waals surface area (Å²) in [5, 5.41) is 0. The van der Waals surface area contributed by atoms with Crippen molar-refractivity contribution in [1.29, 1.82) is 0 Å². The van der Waals surface area contributed by atoms with Crippen molar-refractivity contribution in [3.05, 3.63) is 51.2 Å². The number of fused-ring (bicyclic) bond motifs is 1. The highest BCUT2D eigenvalue weighted by molar-refractivity contribution is 5.82. The molecule has 6 nitrogen and oxygen atoms in total. The Morgan fingerprint density at radius 1 is 1.05 bits per heavy atom. The van der Waals surface area contributed by atoms with E-state index < -0.39 is 0 Å². The molecule has 3 aromatic rings. The molecule has 0 atom stereocenters. The molecule has 0 saturated carbocycles. The maximum Gasteiger partial charge on any atom is 0.331 e. The highest BCUT2D eigenvalue weighted by Gasteiger charge is 2.12. The number of nitrogens with one attached hydrogen (secondary N) is 1. The van der Waals surface area contributed by atoms with E-state index in [1.54, 1.807) is 20.2 Å². The van der Waals surface area contributed by atoms with Gasteiger partial charge in [0.15, 0.2) is 0 Å². The van der Waals surface area contributed by atoms with Gasteiger partial charge in [0.1, 0.15) is 11.3 Å². The van der Waals surface area contributed by atoms with Crippen LogP contribution in [0.3, 0.4) is 0 Å². The molecule has 0 amide bonds. The molecule has 0 fully saturated rings. The standard InChI is InChI=1S/C15H15N3O3/c1-17-12-8-11(9-4-6-10(21-3)7-5-9)16-13(12)14(19)18(2)15(17)20/h4-8,16H,1-3H3. The normalized spacial score (nSPS) is 11.0. The van der Waals surface area contributed by atoms with E-state index in [2.05, 4.69) is 4.98 Å². The molecular formula is C15H15N3O3. The van der Waals surface area contributed by atoms with E-state index in [4.69, 9.17) is 4.74 Å². The molecule has 3 rings (SSSR count). The first kappa shape index (κ1) is 13.2. The summed E-state index contributed by atoms with van der Waals surface area (Å²) in [5.41, 5.74) is 2.05. The van der Waals surface area contributed by atoms with Crippen LogP contribution in [0.2, 0.25) is 0 Å². The van der Waals surface area contributed by atoms with Crippen molar-refractivity contribution in [1.82, 2.24) is 14.1 Å². The largest absolute Gasteiger partial charge is 0.497 e. The van der Waals surface area contributed by atoms with Crippen LogP contribution in [0.25, 0.3) is 22.3 Å². The van der Waals surface area contributed by atoms with E-state index in [0.29, 0.717) is 11.0 Å². The molecule has 2 heterocycles. The smallest absolute Gasteiger partial charge is 0.331 e. The minimum Gasteiger partial charge on any atom is -0.497 e. The summed E-state index contributed by atoms with van der Waals surface area (Å²) < 4.78 is 7.68. The van der Waals surface area contributed by atoms with Crippen LogP contribution < -0.4 is 16.0 Å². The minimum absolute atomic E-state index is 0.326. The van der Waals surface area contributed by atoms with Gasteiger partial charge in [-0.2, -0.15) is 0 Å². The van der Waals surface area contributed by atoms with E-state index in [0.717, 1.165) is 21.6 Å². The molecule has 0 aliphatic carbocycles. The number of nitrogens with zero attached hydrogens (tertiary/aromatic N) is 2. The number of hydrogen-bond acceptors (Lipinski definition) is 3. The number of aryl methyl sites for hydroxylation is 1. The van der Waals surface area contributed by atoms with Crippen molar-refractivity contribution < 1.29 is 4.74 Å². The van der Waals surface area contributed by atoms with Crippen molar-refractivity contribution in [2.24, 2.45) is 14.1 Å². The van der Waals surface area contributed by atoms with Gasteiger partial charge in [-0.15, -0.1) is 0 Å². The second-order valence-corrected chi connectivity index (χ2v) is 4.88. The van der Waals surface area contributed by atoms with Gasteiger partial charge in [-0.05, 0) is 35.9 Å². The van der Waals surface area contributed by atoms with Crippen LogP contribution in [0.1, 0.15) is 0 Å². The van der Waals surface area contributed by atoms with E-state index >= 15 is 0 Å². The average Bonchev–Trinajstić information content (AvgIpc) is 2.96. The fourth-order valence-corrected chi connectivity index (χ4v) is 2.38. The summed E-state index contributed by atoms with van der Waals surface area (Å²) in [6, 6.07) is 9.29. The summed E-state index contributed by atoms with van der Waals surface area (Å²) in [6.07, 6.45) is 0. The SMILES string of the molecule is COc1ccc(-c2cc3c([nH]2)c(=O)n(C)c(=O)n3C)cc1. The molecule has 0 aliphatic heterocycles. The summed E-state index contributed by atoms with van der Waals surface area (Å²) in [5.74, 6) is 0.762. The lowest BCUT2D eigenvalue weighted by atomic mass is 10.1. The van der Waals surface area contributed by atoms with Crippen LogP contribution in [0.5, 0.6) is 5.75 Å². The van der Waals surface area contributed by atoms with Crippen LogP contribution in [-0.2, 0) is 14.1 Å². The summed E-state index contributed by atoms with van der Waals surface area (Å²) in [4.78, 5) is 27.2. The lowest BCUT2D eigenvalue weighted by Crippen LogP contribution is -2.36. The Balaban J connectivity index is 2.26. The predicted molar refractivity (Wildman–Crippen MR) is 80.8 cm³/mol. The van der Waals surface area contributed by atoms with Gasteiger partial charge in [-0.25, -0.2) is 4.79 Å². The molecule has 1 N–H and O–H groups in total. The van der Waals surface area contributed by atoms with Crippen molar-refractivity contribution in [2.45, 2.75) is 0 Å². The summed E-state index contributed by atoms with van der Waals surface area (Å²) >= 11 is 0.